The van der Waals surface area contributed by atoms with E-state index in [1.807, 2.05) is 0 Å². The van der Waals surface area contributed by atoms with E-state index in [9.17, 15) is 0 Å². The second kappa shape index (κ2) is 4.61. The van der Waals surface area contributed by atoms with Gasteiger partial charge in [0.2, 0.25) is 0 Å². The zero-order valence-corrected chi connectivity index (χ0v) is 8.65. The number of benzene rings is 1. The van der Waals surface area contributed by atoms with Crippen molar-refractivity contribution >= 4 is 0 Å². The fourth-order valence-corrected chi connectivity index (χ4v) is 2.16. The van der Waals surface area contributed by atoms with Gasteiger partial charge in [-0.25, -0.2) is 0 Å². The molecule has 0 heterocycles. The molecule has 0 saturated heterocycles. The molecule has 1 fully saturated rings. The maximum Gasteiger partial charge on any atom is 0.00819 e. The quantitative estimate of drug-likeness (QED) is 0.774. The van der Waals surface area contributed by atoms with E-state index < -0.39 is 0 Å². The molecule has 1 heteroatoms. The molecule has 0 bridgehead atoms. The first kappa shape index (κ1) is 9.72. The fraction of sp³-hybridized carbons (Fsp3) is 0.538. The van der Waals surface area contributed by atoms with Crippen molar-refractivity contribution in [2.45, 2.75) is 38.1 Å². The molecule has 0 spiro atoms. The summed E-state index contributed by atoms with van der Waals surface area (Å²) in [6, 6.07) is 10.9. The van der Waals surface area contributed by atoms with Crippen molar-refractivity contribution in [2.75, 3.05) is 0 Å². The zero-order chi connectivity index (χ0) is 9.80. The number of hydrogen-bond acceptors (Lipinski definition) is 1. The summed E-state index contributed by atoms with van der Waals surface area (Å²) in [6.07, 6.45) is 6.49. The standard InChI is InChI=1S/C13H19N/c14-13(10-12-7-4-8-12)9-11-5-2-1-3-6-11/h1-3,5-6,12-13H,4,7-10,14H2. The van der Waals surface area contributed by atoms with Crippen LogP contribution in [0.3, 0.4) is 0 Å². The van der Waals surface area contributed by atoms with E-state index in [0.29, 0.717) is 6.04 Å². The van der Waals surface area contributed by atoms with Crippen molar-refractivity contribution in [3.05, 3.63) is 35.9 Å². The van der Waals surface area contributed by atoms with Gasteiger partial charge in [-0.05, 0) is 24.3 Å². The fourth-order valence-electron chi connectivity index (χ4n) is 2.16. The monoisotopic (exact) mass is 189 g/mol. The van der Waals surface area contributed by atoms with Crippen molar-refractivity contribution in [2.24, 2.45) is 11.7 Å². The van der Waals surface area contributed by atoms with Crippen molar-refractivity contribution in [1.29, 1.82) is 0 Å². The molecule has 14 heavy (non-hydrogen) atoms. The summed E-state index contributed by atoms with van der Waals surface area (Å²) in [7, 11) is 0. The van der Waals surface area contributed by atoms with Gasteiger partial charge in [0.15, 0.2) is 0 Å². The lowest BCUT2D eigenvalue weighted by molar-refractivity contribution is 0.275. The molecular weight excluding hydrogens is 170 g/mol. The van der Waals surface area contributed by atoms with E-state index in [0.717, 1.165) is 12.3 Å². The van der Waals surface area contributed by atoms with Crippen LogP contribution in [0, 0.1) is 5.92 Å². The lowest BCUT2D eigenvalue weighted by Crippen LogP contribution is -2.28. The second-order valence-electron chi connectivity index (χ2n) is 4.48. The Balaban J connectivity index is 1.79. The smallest absolute Gasteiger partial charge is 0.00819 e. The lowest BCUT2D eigenvalue weighted by Gasteiger charge is -2.28. The Kier molecular flexibility index (Phi) is 3.20. The normalized spacial score (nSPS) is 18.9. The van der Waals surface area contributed by atoms with Crippen LogP contribution in [0.1, 0.15) is 31.2 Å². The highest BCUT2D eigenvalue weighted by molar-refractivity contribution is 5.15. The molecule has 1 nitrogen and oxygen atoms in total. The number of hydrogen-bond donors (Lipinski definition) is 1. The van der Waals surface area contributed by atoms with E-state index in [1.54, 1.807) is 0 Å². The zero-order valence-electron chi connectivity index (χ0n) is 8.65. The molecule has 1 aromatic carbocycles. The predicted octanol–water partition coefficient (Wildman–Crippen LogP) is 2.75. The Morgan fingerprint density at radius 3 is 2.50 bits per heavy atom. The van der Waals surface area contributed by atoms with Gasteiger partial charge in [-0.1, -0.05) is 49.6 Å². The Morgan fingerprint density at radius 2 is 1.93 bits per heavy atom. The SMILES string of the molecule is NC(Cc1ccccc1)CC1CCC1. The predicted molar refractivity (Wildman–Crippen MR) is 60.1 cm³/mol. The largest absolute Gasteiger partial charge is 0.327 e. The van der Waals surface area contributed by atoms with Gasteiger partial charge in [-0.15, -0.1) is 0 Å². The molecule has 0 amide bonds. The van der Waals surface area contributed by atoms with Crippen LogP contribution >= 0.6 is 0 Å². The highest BCUT2D eigenvalue weighted by atomic mass is 14.6. The van der Waals surface area contributed by atoms with Crippen LogP contribution in [-0.4, -0.2) is 6.04 Å². The molecule has 0 aromatic heterocycles. The Morgan fingerprint density at radius 1 is 1.21 bits per heavy atom. The van der Waals surface area contributed by atoms with Gasteiger partial charge in [0.05, 0.1) is 0 Å². The van der Waals surface area contributed by atoms with Crippen LogP contribution < -0.4 is 5.73 Å². The molecule has 1 aromatic rings. The molecule has 2 N–H and O–H groups in total. The average Bonchev–Trinajstić information content (AvgIpc) is 2.13. The third-order valence-electron chi connectivity index (χ3n) is 3.20. The third kappa shape index (κ3) is 2.58. The minimum Gasteiger partial charge on any atom is -0.327 e. The van der Waals surface area contributed by atoms with E-state index in [4.69, 9.17) is 5.73 Å². The van der Waals surface area contributed by atoms with Crippen LogP contribution in [0.15, 0.2) is 30.3 Å². The molecule has 0 aliphatic heterocycles. The Hall–Kier alpha value is -0.820. The van der Waals surface area contributed by atoms with Crippen LogP contribution in [0.2, 0.25) is 0 Å². The third-order valence-corrected chi connectivity index (χ3v) is 3.20. The summed E-state index contributed by atoms with van der Waals surface area (Å²) in [5.41, 5.74) is 7.49. The summed E-state index contributed by atoms with van der Waals surface area (Å²) in [6.45, 7) is 0. The maximum atomic E-state index is 6.12. The summed E-state index contributed by atoms with van der Waals surface area (Å²) in [5, 5.41) is 0. The first-order chi connectivity index (χ1) is 6.84. The van der Waals surface area contributed by atoms with E-state index in [2.05, 4.69) is 30.3 Å². The first-order valence-electron chi connectivity index (χ1n) is 5.64. The molecular formula is C13H19N. The molecule has 1 aliphatic rings. The lowest BCUT2D eigenvalue weighted by atomic mass is 9.80. The van der Waals surface area contributed by atoms with Crippen LogP contribution in [0.4, 0.5) is 0 Å². The van der Waals surface area contributed by atoms with Gasteiger partial charge in [0.1, 0.15) is 0 Å². The van der Waals surface area contributed by atoms with Gasteiger partial charge in [0.25, 0.3) is 0 Å². The summed E-state index contributed by atoms with van der Waals surface area (Å²) >= 11 is 0. The molecule has 0 radical (unpaired) electrons. The Labute approximate surface area is 86.3 Å². The van der Waals surface area contributed by atoms with Gasteiger partial charge in [-0.3, -0.25) is 0 Å². The maximum absolute atomic E-state index is 6.12. The number of rotatable bonds is 4. The average molecular weight is 189 g/mol. The van der Waals surface area contributed by atoms with Crippen molar-refractivity contribution in [1.82, 2.24) is 0 Å². The second-order valence-corrected chi connectivity index (χ2v) is 4.48. The Bertz CT molecular complexity index is 264. The van der Waals surface area contributed by atoms with Gasteiger partial charge < -0.3 is 5.73 Å². The van der Waals surface area contributed by atoms with Gasteiger partial charge in [-0.2, -0.15) is 0 Å². The summed E-state index contributed by atoms with van der Waals surface area (Å²) < 4.78 is 0. The molecule has 1 aliphatic carbocycles. The van der Waals surface area contributed by atoms with E-state index in [-0.39, 0.29) is 0 Å². The molecule has 2 rings (SSSR count). The molecule has 1 saturated carbocycles. The first-order valence-corrected chi connectivity index (χ1v) is 5.64. The minimum atomic E-state index is 0.364. The summed E-state index contributed by atoms with van der Waals surface area (Å²) in [5.74, 6) is 0.925. The van der Waals surface area contributed by atoms with E-state index >= 15 is 0 Å². The molecule has 1 atom stereocenters. The van der Waals surface area contributed by atoms with Crippen molar-refractivity contribution in [3.63, 3.8) is 0 Å². The molecule has 1 unspecified atom stereocenters. The van der Waals surface area contributed by atoms with Gasteiger partial charge >= 0.3 is 0 Å². The summed E-state index contributed by atoms with van der Waals surface area (Å²) in [4.78, 5) is 0. The van der Waals surface area contributed by atoms with Crippen LogP contribution in [0.5, 0.6) is 0 Å². The highest BCUT2D eigenvalue weighted by Crippen LogP contribution is 2.30. The van der Waals surface area contributed by atoms with Gasteiger partial charge in [0, 0.05) is 6.04 Å². The number of nitrogens with two attached hydrogens (primary N) is 1. The van der Waals surface area contributed by atoms with Crippen LogP contribution in [-0.2, 0) is 6.42 Å². The topological polar surface area (TPSA) is 26.0 Å². The van der Waals surface area contributed by atoms with Crippen LogP contribution in [0.25, 0.3) is 0 Å². The molecule has 76 valence electrons. The minimum absolute atomic E-state index is 0.364. The van der Waals surface area contributed by atoms with Crippen molar-refractivity contribution < 1.29 is 0 Å². The highest BCUT2D eigenvalue weighted by Gasteiger charge is 2.20. The van der Waals surface area contributed by atoms with Crippen molar-refractivity contribution in [3.8, 4) is 0 Å². The van der Waals surface area contributed by atoms with E-state index in [1.165, 1.54) is 31.2 Å².